The minimum absolute atomic E-state index is 0.153. The highest BCUT2D eigenvalue weighted by Gasteiger charge is 2.27. The van der Waals surface area contributed by atoms with Crippen molar-refractivity contribution in [3.63, 3.8) is 0 Å². The predicted octanol–water partition coefficient (Wildman–Crippen LogP) is 1.88. The fourth-order valence-electron chi connectivity index (χ4n) is 0.761. The van der Waals surface area contributed by atoms with Gasteiger partial charge in [-0.1, -0.05) is 6.92 Å². The Morgan fingerprint density at radius 1 is 1.75 bits per heavy atom. The molecule has 0 aromatic heterocycles. The lowest BCUT2D eigenvalue weighted by molar-refractivity contribution is 0.0633. The van der Waals surface area contributed by atoms with Crippen LogP contribution in [0.15, 0.2) is 0 Å². The van der Waals surface area contributed by atoms with Gasteiger partial charge in [0, 0.05) is 5.75 Å². The standard InChI is InChI=1S/C6H12OS/c1-3-6(2)7-4-5-8-6/h3-5H2,1-2H3. The Bertz CT molecular complexity index is 76.6. The van der Waals surface area contributed by atoms with Crippen LogP contribution in [0.5, 0.6) is 0 Å². The van der Waals surface area contributed by atoms with Crippen LogP contribution in [0.4, 0.5) is 0 Å². The molecular weight excluding hydrogens is 120 g/mol. The summed E-state index contributed by atoms with van der Waals surface area (Å²) in [6, 6.07) is 0. The van der Waals surface area contributed by atoms with E-state index < -0.39 is 0 Å². The van der Waals surface area contributed by atoms with Gasteiger partial charge in [0.25, 0.3) is 0 Å². The summed E-state index contributed by atoms with van der Waals surface area (Å²) in [6.07, 6.45) is 1.12. The molecule has 0 amide bonds. The van der Waals surface area contributed by atoms with Gasteiger partial charge in [-0.2, -0.15) is 0 Å². The zero-order chi connectivity index (χ0) is 6.04. The summed E-state index contributed by atoms with van der Waals surface area (Å²) >= 11 is 1.92. The summed E-state index contributed by atoms with van der Waals surface area (Å²) in [4.78, 5) is 0.153. The smallest absolute Gasteiger partial charge is 0.110 e. The van der Waals surface area contributed by atoms with Gasteiger partial charge < -0.3 is 4.74 Å². The molecule has 48 valence electrons. The van der Waals surface area contributed by atoms with Gasteiger partial charge in [-0.25, -0.2) is 0 Å². The van der Waals surface area contributed by atoms with E-state index in [0.717, 1.165) is 13.0 Å². The Morgan fingerprint density at radius 3 is 2.75 bits per heavy atom. The Labute approximate surface area is 54.8 Å². The van der Waals surface area contributed by atoms with E-state index in [9.17, 15) is 0 Å². The van der Waals surface area contributed by atoms with Crippen molar-refractivity contribution in [1.29, 1.82) is 0 Å². The van der Waals surface area contributed by atoms with E-state index in [1.807, 2.05) is 11.8 Å². The molecular formula is C6H12OS. The third-order valence-corrected chi connectivity index (χ3v) is 2.93. The molecule has 0 saturated carbocycles. The lowest BCUT2D eigenvalue weighted by Crippen LogP contribution is -2.16. The van der Waals surface area contributed by atoms with E-state index in [1.54, 1.807) is 0 Å². The largest absolute Gasteiger partial charge is 0.364 e. The summed E-state index contributed by atoms with van der Waals surface area (Å²) in [5, 5.41) is 0. The summed E-state index contributed by atoms with van der Waals surface area (Å²) in [5.74, 6) is 1.17. The van der Waals surface area contributed by atoms with Crippen LogP contribution in [0.3, 0.4) is 0 Å². The van der Waals surface area contributed by atoms with Gasteiger partial charge in [0.1, 0.15) is 4.93 Å². The normalized spacial score (nSPS) is 38.2. The van der Waals surface area contributed by atoms with Gasteiger partial charge in [0.05, 0.1) is 6.61 Å². The maximum Gasteiger partial charge on any atom is 0.110 e. The molecule has 1 rings (SSSR count). The van der Waals surface area contributed by atoms with Crippen molar-refractivity contribution < 1.29 is 4.74 Å². The second-order valence-electron chi connectivity index (χ2n) is 2.18. The fourth-order valence-corrected chi connectivity index (χ4v) is 1.73. The zero-order valence-electron chi connectivity index (χ0n) is 5.44. The third kappa shape index (κ3) is 1.17. The van der Waals surface area contributed by atoms with Crippen molar-refractivity contribution in [2.75, 3.05) is 12.4 Å². The van der Waals surface area contributed by atoms with Crippen LogP contribution in [0, 0.1) is 0 Å². The minimum Gasteiger partial charge on any atom is -0.364 e. The predicted molar refractivity (Wildman–Crippen MR) is 37.1 cm³/mol. The molecule has 0 bridgehead atoms. The van der Waals surface area contributed by atoms with E-state index in [1.165, 1.54) is 5.75 Å². The van der Waals surface area contributed by atoms with Gasteiger partial charge in [-0.3, -0.25) is 0 Å². The van der Waals surface area contributed by atoms with Crippen molar-refractivity contribution >= 4 is 11.8 Å². The summed E-state index contributed by atoms with van der Waals surface area (Å²) in [7, 11) is 0. The lowest BCUT2D eigenvalue weighted by atomic mass is 10.3. The van der Waals surface area contributed by atoms with E-state index in [4.69, 9.17) is 4.74 Å². The molecule has 1 unspecified atom stereocenters. The SMILES string of the molecule is CCC1(C)OCCS1. The average molecular weight is 132 g/mol. The monoisotopic (exact) mass is 132 g/mol. The molecule has 0 aromatic rings. The molecule has 1 nitrogen and oxygen atoms in total. The van der Waals surface area contributed by atoms with Crippen LogP contribution in [0.2, 0.25) is 0 Å². The molecule has 0 aliphatic carbocycles. The Kier molecular flexibility index (Phi) is 1.83. The molecule has 1 atom stereocenters. The summed E-state index contributed by atoms with van der Waals surface area (Å²) in [6.45, 7) is 5.26. The molecule has 1 saturated heterocycles. The molecule has 0 N–H and O–H groups in total. The first-order chi connectivity index (χ1) is 3.77. The van der Waals surface area contributed by atoms with Crippen molar-refractivity contribution in [2.24, 2.45) is 0 Å². The topological polar surface area (TPSA) is 9.23 Å². The van der Waals surface area contributed by atoms with Gasteiger partial charge >= 0.3 is 0 Å². The van der Waals surface area contributed by atoms with Crippen molar-refractivity contribution in [2.45, 2.75) is 25.2 Å². The van der Waals surface area contributed by atoms with E-state index in [0.29, 0.717) is 0 Å². The number of rotatable bonds is 1. The van der Waals surface area contributed by atoms with E-state index in [2.05, 4.69) is 13.8 Å². The minimum atomic E-state index is 0.153. The number of ether oxygens (including phenoxy) is 1. The Balaban J connectivity index is 2.40. The highest BCUT2D eigenvalue weighted by Crippen LogP contribution is 2.34. The molecule has 8 heavy (non-hydrogen) atoms. The molecule has 1 aliphatic heterocycles. The number of hydrogen-bond donors (Lipinski definition) is 0. The molecule has 0 aromatic carbocycles. The van der Waals surface area contributed by atoms with Crippen LogP contribution in [0.25, 0.3) is 0 Å². The first-order valence-electron chi connectivity index (χ1n) is 3.05. The fraction of sp³-hybridized carbons (Fsp3) is 1.00. The quantitative estimate of drug-likeness (QED) is 0.538. The van der Waals surface area contributed by atoms with Crippen LogP contribution < -0.4 is 0 Å². The highest BCUT2D eigenvalue weighted by atomic mass is 32.2. The second-order valence-corrected chi connectivity index (χ2v) is 3.74. The van der Waals surface area contributed by atoms with E-state index >= 15 is 0 Å². The van der Waals surface area contributed by atoms with Crippen LogP contribution in [0.1, 0.15) is 20.3 Å². The van der Waals surface area contributed by atoms with Crippen molar-refractivity contribution in [3.8, 4) is 0 Å². The molecule has 2 heteroatoms. The first kappa shape index (κ1) is 6.43. The Morgan fingerprint density at radius 2 is 2.50 bits per heavy atom. The van der Waals surface area contributed by atoms with Crippen LogP contribution >= 0.6 is 11.8 Å². The molecule has 1 heterocycles. The van der Waals surface area contributed by atoms with Crippen LogP contribution in [-0.2, 0) is 4.74 Å². The summed E-state index contributed by atoms with van der Waals surface area (Å²) in [5.41, 5.74) is 0. The van der Waals surface area contributed by atoms with Gasteiger partial charge in [0.2, 0.25) is 0 Å². The maximum absolute atomic E-state index is 5.45. The van der Waals surface area contributed by atoms with Gasteiger partial charge in [-0.15, -0.1) is 11.8 Å². The Hall–Kier alpha value is 0.310. The molecule has 0 spiro atoms. The highest BCUT2D eigenvalue weighted by molar-refractivity contribution is 8.00. The second kappa shape index (κ2) is 2.28. The lowest BCUT2D eigenvalue weighted by Gasteiger charge is -2.18. The van der Waals surface area contributed by atoms with Gasteiger partial charge in [0.15, 0.2) is 0 Å². The third-order valence-electron chi connectivity index (χ3n) is 1.54. The zero-order valence-corrected chi connectivity index (χ0v) is 6.25. The van der Waals surface area contributed by atoms with Crippen molar-refractivity contribution in [1.82, 2.24) is 0 Å². The first-order valence-corrected chi connectivity index (χ1v) is 4.03. The summed E-state index contributed by atoms with van der Waals surface area (Å²) < 4.78 is 5.45. The maximum atomic E-state index is 5.45. The number of thioether (sulfide) groups is 1. The van der Waals surface area contributed by atoms with Crippen LogP contribution in [-0.4, -0.2) is 17.3 Å². The average Bonchev–Trinajstić information content (AvgIpc) is 2.17. The van der Waals surface area contributed by atoms with E-state index in [-0.39, 0.29) is 4.93 Å². The van der Waals surface area contributed by atoms with Gasteiger partial charge in [-0.05, 0) is 13.3 Å². The number of hydrogen-bond acceptors (Lipinski definition) is 2. The molecule has 1 fully saturated rings. The van der Waals surface area contributed by atoms with Crippen molar-refractivity contribution in [3.05, 3.63) is 0 Å². The molecule has 1 aliphatic rings. The molecule has 0 radical (unpaired) electrons.